The first kappa shape index (κ1) is 20.0. The van der Waals surface area contributed by atoms with Crippen molar-refractivity contribution in [2.75, 3.05) is 24.2 Å². The van der Waals surface area contributed by atoms with Gasteiger partial charge in [-0.3, -0.25) is 4.79 Å². The minimum Gasteiger partial charge on any atom is -0.338 e. The van der Waals surface area contributed by atoms with Gasteiger partial charge in [0.05, 0.1) is 10.6 Å². The molecular weight excluding hydrogens is 404 g/mol. The highest BCUT2D eigenvalue weighted by atomic mass is 32.2. The monoisotopic (exact) mass is 428 g/mol. The zero-order valence-corrected chi connectivity index (χ0v) is 18.2. The zero-order valence-electron chi connectivity index (χ0n) is 16.5. The Balaban J connectivity index is 1.81. The third-order valence-corrected chi connectivity index (χ3v) is 8.07. The Morgan fingerprint density at radius 1 is 1.07 bits per heavy atom. The number of amides is 1. The summed E-state index contributed by atoms with van der Waals surface area (Å²) in [6, 6.07) is 14.7. The number of benzene rings is 2. The van der Waals surface area contributed by atoms with E-state index in [9.17, 15) is 13.2 Å². The standard InChI is InChI=1S/C22H24N2O3S2/c1-16-10-12-23(13-11-16)22(25)21-15-24(17-6-5-7-18(14-17)28-2)19-8-3-4-9-20(19)29(21,26)27/h3-9,14-16H,10-13H2,1-2H3. The smallest absolute Gasteiger partial charge is 0.267 e. The maximum atomic E-state index is 13.3. The molecule has 2 aliphatic heterocycles. The fourth-order valence-corrected chi connectivity index (χ4v) is 5.76. The number of anilines is 2. The molecule has 29 heavy (non-hydrogen) atoms. The molecule has 0 bridgehead atoms. The van der Waals surface area contributed by atoms with Crippen LogP contribution in [0.5, 0.6) is 0 Å². The lowest BCUT2D eigenvalue weighted by molar-refractivity contribution is -0.127. The van der Waals surface area contributed by atoms with Gasteiger partial charge in [-0.15, -0.1) is 11.8 Å². The fourth-order valence-electron chi connectivity index (χ4n) is 3.77. The second-order valence-electron chi connectivity index (χ2n) is 7.51. The quantitative estimate of drug-likeness (QED) is 0.677. The van der Waals surface area contributed by atoms with Gasteiger partial charge in [-0.2, -0.15) is 0 Å². The molecule has 2 aliphatic rings. The van der Waals surface area contributed by atoms with Crippen molar-refractivity contribution < 1.29 is 13.2 Å². The van der Waals surface area contributed by atoms with Gasteiger partial charge in [0.1, 0.15) is 0 Å². The number of sulfone groups is 1. The molecule has 0 atom stereocenters. The highest BCUT2D eigenvalue weighted by Crippen LogP contribution is 2.40. The molecule has 1 fully saturated rings. The first-order chi connectivity index (χ1) is 13.9. The van der Waals surface area contributed by atoms with Crippen molar-refractivity contribution in [3.8, 4) is 0 Å². The zero-order chi connectivity index (χ0) is 20.6. The van der Waals surface area contributed by atoms with E-state index in [-0.39, 0.29) is 9.80 Å². The number of fused-ring (bicyclic) bond motifs is 1. The number of carbonyl (C=O) groups excluding carboxylic acids is 1. The summed E-state index contributed by atoms with van der Waals surface area (Å²) in [5.41, 5.74) is 1.39. The summed E-state index contributed by atoms with van der Waals surface area (Å²) in [6.45, 7) is 3.35. The van der Waals surface area contributed by atoms with E-state index in [4.69, 9.17) is 0 Å². The van der Waals surface area contributed by atoms with Crippen molar-refractivity contribution in [1.29, 1.82) is 0 Å². The number of likely N-dealkylation sites (tertiary alicyclic amines) is 1. The van der Waals surface area contributed by atoms with Crippen LogP contribution in [0.2, 0.25) is 0 Å². The molecule has 7 heteroatoms. The van der Waals surface area contributed by atoms with Gasteiger partial charge in [-0.1, -0.05) is 25.1 Å². The van der Waals surface area contributed by atoms with Crippen molar-refractivity contribution in [1.82, 2.24) is 4.90 Å². The van der Waals surface area contributed by atoms with E-state index in [1.807, 2.05) is 41.5 Å². The highest BCUT2D eigenvalue weighted by molar-refractivity contribution is 7.98. The molecule has 2 aromatic rings. The second kappa shape index (κ2) is 7.88. The van der Waals surface area contributed by atoms with Gasteiger partial charge in [0.2, 0.25) is 9.84 Å². The van der Waals surface area contributed by atoms with Crippen LogP contribution in [0, 0.1) is 5.92 Å². The predicted molar refractivity (Wildman–Crippen MR) is 117 cm³/mol. The minimum absolute atomic E-state index is 0.152. The number of hydrogen-bond donors (Lipinski definition) is 0. The Bertz CT molecular complexity index is 1070. The van der Waals surface area contributed by atoms with E-state index >= 15 is 0 Å². The maximum absolute atomic E-state index is 13.3. The number of piperidine rings is 1. The molecule has 0 aromatic heterocycles. The van der Waals surface area contributed by atoms with Crippen LogP contribution in [0.1, 0.15) is 19.8 Å². The second-order valence-corrected chi connectivity index (χ2v) is 10.3. The summed E-state index contributed by atoms with van der Waals surface area (Å²) in [6.07, 6.45) is 5.29. The SMILES string of the molecule is CSc1cccc(N2C=C(C(=O)N3CCC(C)CC3)S(=O)(=O)c3ccccc32)c1. The Morgan fingerprint density at radius 3 is 2.52 bits per heavy atom. The predicted octanol–water partition coefficient (Wildman–Crippen LogP) is 4.43. The van der Waals surface area contributed by atoms with E-state index in [1.165, 1.54) is 6.20 Å². The summed E-state index contributed by atoms with van der Waals surface area (Å²) in [7, 11) is -3.88. The Morgan fingerprint density at radius 2 is 1.79 bits per heavy atom. The lowest BCUT2D eigenvalue weighted by atomic mass is 9.99. The van der Waals surface area contributed by atoms with Gasteiger partial charge in [0, 0.05) is 29.9 Å². The van der Waals surface area contributed by atoms with Crippen LogP contribution in [0.15, 0.2) is 69.4 Å². The molecule has 1 amide bonds. The number of rotatable bonds is 3. The van der Waals surface area contributed by atoms with Crippen LogP contribution >= 0.6 is 11.8 Å². The van der Waals surface area contributed by atoms with Crippen LogP contribution in [0.25, 0.3) is 0 Å². The first-order valence-electron chi connectivity index (χ1n) is 9.70. The fraction of sp³-hybridized carbons (Fsp3) is 0.318. The third kappa shape index (κ3) is 3.69. The molecule has 5 nitrogen and oxygen atoms in total. The maximum Gasteiger partial charge on any atom is 0.267 e. The number of para-hydroxylation sites is 1. The van der Waals surface area contributed by atoms with Crippen LogP contribution in [0.3, 0.4) is 0 Å². The molecule has 0 radical (unpaired) electrons. The topological polar surface area (TPSA) is 57.7 Å². The summed E-state index contributed by atoms with van der Waals surface area (Å²) in [4.78, 5) is 17.8. The lowest BCUT2D eigenvalue weighted by Crippen LogP contribution is -2.41. The van der Waals surface area contributed by atoms with Crippen LogP contribution in [-0.2, 0) is 14.6 Å². The largest absolute Gasteiger partial charge is 0.338 e. The minimum atomic E-state index is -3.88. The normalized spacial score (nSPS) is 18.9. The molecule has 0 saturated carbocycles. The molecule has 4 rings (SSSR count). The molecule has 2 heterocycles. The third-order valence-electron chi connectivity index (χ3n) is 5.56. The van der Waals surface area contributed by atoms with E-state index in [1.54, 1.807) is 34.9 Å². The van der Waals surface area contributed by atoms with Gasteiger partial charge in [-0.25, -0.2) is 8.42 Å². The van der Waals surface area contributed by atoms with Crippen molar-refractivity contribution in [2.45, 2.75) is 29.6 Å². The molecule has 1 saturated heterocycles. The van der Waals surface area contributed by atoms with Gasteiger partial charge in [0.25, 0.3) is 5.91 Å². The number of nitrogens with zero attached hydrogens (tertiary/aromatic N) is 2. The summed E-state index contributed by atoms with van der Waals surface area (Å²) < 4.78 is 26.6. The van der Waals surface area contributed by atoms with Gasteiger partial charge >= 0.3 is 0 Å². The number of hydrogen-bond acceptors (Lipinski definition) is 5. The van der Waals surface area contributed by atoms with Crippen molar-refractivity contribution >= 4 is 38.9 Å². The molecule has 2 aromatic carbocycles. The van der Waals surface area contributed by atoms with E-state index in [0.717, 1.165) is 23.4 Å². The van der Waals surface area contributed by atoms with Crippen LogP contribution in [-0.4, -0.2) is 38.6 Å². The Hall–Kier alpha value is -2.25. The summed E-state index contributed by atoms with van der Waals surface area (Å²) in [5, 5.41) is 0. The highest BCUT2D eigenvalue weighted by Gasteiger charge is 2.38. The molecule has 0 unspecified atom stereocenters. The average molecular weight is 429 g/mol. The molecular formula is C22H24N2O3S2. The Labute approximate surface area is 176 Å². The van der Waals surface area contributed by atoms with Crippen molar-refractivity contribution in [2.24, 2.45) is 5.92 Å². The van der Waals surface area contributed by atoms with Gasteiger partial charge < -0.3 is 9.80 Å². The molecule has 0 aliphatic carbocycles. The van der Waals surface area contributed by atoms with Crippen molar-refractivity contribution in [3.05, 3.63) is 59.6 Å². The van der Waals surface area contributed by atoms with Crippen LogP contribution in [0.4, 0.5) is 11.4 Å². The summed E-state index contributed by atoms with van der Waals surface area (Å²) >= 11 is 1.62. The van der Waals surface area contributed by atoms with Crippen LogP contribution < -0.4 is 4.90 Å². The summed E-state index contributed by atoms with van der Waals surface area (Å²) in [5.74, 6) is 0.153. The molecule has 152 valence electrons. The molecule has 0 spiro atoms. The van der Waals surface area contributed by atoms with Gasteiger partial charge in [0.15, 0.2) is 4.91 Å². The molecule has 0 N–H and O–H groups in total. The van der Waals surface area contributed by atoms with Crippen molar-refractivity contribution in [3.63, 3.8) is 0 Å². The Kier molecular flexibility index (Phi) is 5.44. The van der Waals surface area contributed by atoms with E-state index < -0.39 is 15.7 Å². The number of carbonyl (C=O) groups is 1. The lowest BCUT2D eigenvalue weighted by Gasteiger charge is -2.33. The van der Waals surface area contributed by atoms with E-state index in [2.05, 4.69) is 6.92 Å². The van der Waals surface area contributed by atoms with E-state index in [0.29, 0.717) is 24.7 Å². The average Bonchev–Trinajstić information content (AvgIpc) is 2.74. The van der Waals surface area contributed by atoms with Gasteiger partial charge in [-0.05, 0) is 55.3 Å². The number of thioether (sulfide) groups is 1. The first-order valence-corrected chi connectivity index (χ1v) is 12.4.